The minimum Gasteiger partial charge on any atom is -0.332 e. The molecule has 2 fully saturated rings. The van der Waals surface area contributed by atoms with Gasteiger partial charge in [-0.15, -0.1) is 0 Å². The van der Waals surface area contributed by atoms with Gasteiger partial charge in [0.05, 0.1) is 11.5 Å². The maximum absolute atomic E-state index is 12.8. The van der Waals surface area contributed by atoms with Gasteiger partial charge in [0, 0.05) is 7.05 Å². The molecule has 2 aliphatic carbocycles. The van der Waals surface area contributed by atoms with Crippen LogP contribution in [0.1, 0.15) is 52.4 Å². The molecule has 0 aliphatic heterocycles. The van der Waals surface area contributed by atoms with Gasteiger partial charge in [-0.25, -0.2) is 0 Å². The maximum atomic E-state index is 12.8. The summed E-state index contributed by atoms with van der Waals surface area (Å²) in [4.78, 5) is 14.5. The Balaban J connectivity index is 2.20. The average Bonchev–Trinajstić information content (AvgIpc) is 2.67. The van der Waals surface area contributed by atoms with Gasteiger partial charge in [-0.3, -0.25) is 4.79 Å². The largest absolute Gasteiger partial charge is 0.332 e. The lowest BCUT2D eigenvalue weighted by atomic mass is 9.64. The van der Waals surface area contributed by atoms with E-state index in [9.17, 15) is 4.79 Å². The van der Waals surface area contributed by atoms with Gasteiger partial charge in [-0.05, 0) is 43.4 Å². The molecule has 1 amide bonds. The van der Waals surface area contributed by atoms with Crippen molar-refractivity contribution in [1.82, 2.24) is 4.90 Å². The summed E-state index contributed by atoms with van der Waals surface area (Å²) in [6, 6.07) is 2.10. The van der Waals surface area contributed by atoms with Crippen LogP contribution in [0.15, 0.2) is 0 Å². The molecule has 19 heavy (non-hydrogen) atoms. The smallest absolute Gasteiger partial charge is 0.229 e. The van der Waals surface area contributed by atoms with Gasteiger partial charge < -0.3 is 4.90 Å². The molecule has 2 saturated carbocycles. The third-order valence-electron chi connectivity index (χ3n) is 4.92. The maximum Gasteiger partial charge on any atom is 0.229 e. The number of fused-ring (bicyclic) bond motifs is 2. The lowest BCUT2D eigenvalue weighted by Crippen LogP contribution is -2.46. The van der Waals surface area contributed by atoms with Crippen LogP contribution in [0, 0.1) is 34.5 Å². The van der Waals surface area contributed by atoms with Gasteiger partial charge in [-0.2, -0.15) is 5.26 Å². The van der Waals surface area contributed by atoms with Crippen LogP contribution in [0.25, 0.3) is 0 Å². The molecule has 0 saturated heterocycles. The molecule has 0 radical (unpaired) electrons. The number of nitriles is 1. The first-order valence-corrected chi connectivity index (χ1v) is 7.59. The quantitative estimate of drug-likeness (QED) is 0.730. The first kappa shape index (κ1) is 14.4. The van der Waals surface area contributed by atoms with E-state index in [-0.39, 0.29) is 17.9 Å². The zero-order valence-electron chi connectivity index (χ0n) is 12.5. The Morgan fingerprint density at radius 1 is 1.37 bits per heavy atom. The van der Waals surface area contributed by atoms with E-state index in [2.05, 4.69) is 19.9 Å². The van der Waals surface area contributed by atoms with Crippen molar-refractivity contribution in [2.75, 3.05) is 13.6 Å². The van der Waals surface area contributed by atoms with Crippen LogP contribution in [0.3, 0.4) is 0 Å². The van der Waals surface area contributed by atoms with Crippen molar-refractivity contribution < 1.29 is 4.79 Å². The first-order chi connectivity index (χ1) is 8.97. The number of hydrogen-bond acceptors (Lipinski definition) is 2. The molecule has 3 nitrogen and oxygen atoms in total. The summed E-state index contributed by atoms with van der Waals surface area (Å²) >= 11 is 0. The molecule has 0 aromatic heterocycles. The lowest BCUT2D eigenvalue weighted by Gasteiger charge is -2.42. The number of carbonyl (C=O) groups is 1. The Kier molecular flexibility index (Phi) is 4.18. The third kappa shape index (κ3) is 2.94. The van der Waals surface area contributed by atoms with Crippen molar-refractivity contribution in [2.24, 2.45) is 23.2 Å². The van der Waals surface area contributed by atoms with Gasteiger partial charge in [0.2, 0.25) is 5.91 Å². The predicted octanol–water partition coefficient (Wildman–Crippen LogP) is 3.21. The number of hydrogen-bond donors (Lipinski definition) is 0. The number of amides is 1. The highest BCUT2D eigenvalue weighted by Crippen LogP contribution is 2.53. The van der Waals surface area contributed by atoms with E-state index < -0.39 is 0 Å². The zero-order chi connectivity index (χ0) is 14.0. The number of rotatable bonds is 4. The molecule has 0 N–H and O–H groups in total. The van der Waals surface area contributed by atoms with Gasteiger partial charge in [0.25, 0.3) is 0 Å². The Morgan fingerprint density at radius 3 is 2.42 bits per heavy atom. The second-order valence-electron chi connectivity index (χ2n) is 7.15. The minimum atomic E-state index is -0.177. The lowest BCUT2D eigenvalue weighted by molar-refractivity contribution is -0.145. The van der Waals surface area contributed by atoms with Crippen molar-refractivity contribution in [3.63, 3.8) is 0 Å². The number of nitrogens with zero attached hydrogens (tertiary/aromatic N) is 2. The van der Waals surface area contributed by atoms with Crippen LogP contribution in [-0.4, -0.2) is 24.4 Å². The van der Waals surface area contributed by atoms with E-state index in [0.717, 1.165) is 31.1 Å². The van der Waals surface area contributed by atoms with Crippen molar-refractivity contribution >= 4 is 5.91 Å². The van der Waals surface area contributed by atoms with Crippen LogP contribution in [0.4, 0.5) is 0 Å². The second-order valence-corrected chi connectivity index (χ2v) is 7.15. The molecule has 0 aromatic rings. The second kappa shape index (κ2) is 5.53. The van der Waals surface area contributed by atoms with Gasteiger partial charge in [0.15, 0.2) is 0 Å². The Hall–Kier alpha value is -1.04. The fourth-order valence-electron chi connectivity index (χ4n) is 4.53. The van der Waals surface area contributed by atoms with Crippen LogP contribution in [0.5, 0.6) is 0 Å². The molecule has 2 rings (SSSR count). The van der Waals surface area contributed by atoms with Crippen LogP contribution >= 0.6 is 0 Å². The van der Waals surface area contributed by atoms with Gasteiger partial charge >= 0.3 is 0 Å². The van der Waals surface area contributed by atoms with Crippen LogP contribution < -0.4 is 0 Å². The SMILES string of the molecule is CC(C)CC1(C(=O)N(C)CC#N)C[C@@H]2CC[C@@H](C2)C1. The normalized spacial score (nSPS) is 33.2. The first-order valence-electron chi connectivity index (χ1n) is 7.59. The monoisotopic (exact) mass is 262 g/mol. The summed E-state index contributed by atoms with van der Waals surface area (Å²) in [6.45, 7) is 4.62. The van der Waals surface area contributed by atoms with Crippen molar-refractivity contribution in [3.05, 3.63) is 0 Å². The summed E-state index contributed by atoms with van der Waals surface area (Å²) in [5, 5.41) is 8.82. The van der Waals surface area contributed by atoms with E-state index in [1.807, 2.05) is 0 Å². The Morgan fingerprint density at radius 2 is 1.95 bits per heavy atom. The molecule has 106 valence electrons. The minimum absolute atomic E-state index is 0.177. The summed E-state index contributed by atoms with van der Waals surface area (Å²) in [7, 11) is 1.78. The molecule has 3 atom stereocenters. The van der Waals surface area contributed by atoms with E-state index in [1.54, 1.807) is 11.9 Å². The average molecular weight is 262 g/mol. The molecule has 3 heteroatoms. The predicted molar refractivity (Wildman–Crippen MR) is 75.2 cm³/mol. The topological polar surface area (TPSA) is 44.1 Å². The molecule has 0 aromatic carbocycles. The Bertz CT molecular complexity index is 371. The van der Waals surface area contributed by atoms with Crippen molar-refractivity contribution in [3.8, 4) is 6.07 Å². The highest BCUT2D eigenvalue weighted by atomic mass is 16.2. The summed E-state index contributed by atoms with van der Waals surface area (Å²) in [5.41, 5.74) is -0.177. The third-order valence-corrected chi connectivity index (χ3v) is 4.92. The molecular weight excluding hydrogens is 236 g/mol. The molecular formula is C16H26N2O. The van der Waals surface area contributed by atoms with Crippen LogP contribution in [0.2, 0.25) is 0 Å². The van der Waals surface area contributed by atoms with Gasteiger partial charge in [-0.1, -0.05) is 26.7 Å². The molecule has 2 aliphatic rings. The molecule has 1 unspecified atom stereocenters. The Labute approximate surface area is 117 Å². The highest BCUT2D eigenvalue weighted by Gasteiger charge is 2.49. The van der Waals surface area contributed by atoms with E-state index in [4.69, 9.17) is 5.26 Å². The molecule has 2 bridgehead atoms. The van der Waals surface area contributed by atoms with E-state index >= 15 is 0 Å². The summed E-state index contributed by atoms with van der Waals surface area (Å²) in [6.07, 6.45) is 7.02. The van der Waals surface area contributed by atoms with Crippen LogP contribution in [-0.2, 0) is 4.79 Å². The highest BCUT2D eigenvalue weighted by molar-refractivity contribution is 5.83. The molecule has 0 heterocycles. The fraction of sp³-hybridized carbons (Fsp3) is 0.875. The number of carbonyl (C=O) groups excluding carboxylic acids is 1. The van der Waals surface area contributed by atoms with Crippen molar-refractivity contribution in [2.45, 2.75) is 52.4 Å². The van der Waals surface area contributed by atoms with E-state index in [1.165, 1.54) is 19.3 Å². The fourth-order valence-corrected chi connectivity index (χ4v) is 4.53. The standard InChI is InChI=1S/C16H26N2O/c1-12(2)9-16(15(19)18(3)7-6-17)10-13-4-5-14(8-13)11-16/h12-14H,4-5,7-11H2,1-3H3/t13-,14+,16?. The summed E-state index contributed by atoms with van der Waals surface area (Å²) < 4.78 is 0. The molecule has 0 spiro atoms. The van der Waals surface area contributed by atoms with Gasteiger partial charge in [0.1, 0.15) is 6.54 Å². The summed E-state index contributed by atoms with van der Waals surface area (Å²) in [5.74, 6) is 2.25. The van der Waals surface area contributed by atoms with Crippen molar-refractivity contribution in [1.29, 1.82) is 5.26 Å². The zero-order valence-corrected chi connectivity index (χ0v) is 12.5. The van der Waals surface area contributed by atoms with E-state index in [0.29, 0.717) is 5.92 Å².